The zero-order chi connectivity index (χ0) is 18.7. The zero-order valence-electron chi connectivity index (χ0n) is 14.8. The maximum atomic E-state index is 13.1. The van der Waals surface area contributed by atoms with Gasteiger partial charge < -0.3 is 10.1 Å². The molecule has 0 fully saturated rings. The lowest BCUT2D eigenvalue weighted by atomic mass is 10.2. The molecule has 0 spiro atoms. The van der Waals surface area contributed by atoms with Crippen molar-refractivity contribution in [1.29, 1.82) is 0 Å². The third-order valence-electron chi connectivity index (χ3n) is 3.49. The number of rotatable bonds is 5. The van der Waals surface area contributed by atoms with Crippen molar-refractivity contribution in [3.8, 4) is 5.88 Å². The van der Waals surface area contributed by atoms with Gasteiger partial charge in [-0.05, 0) is 44.5 Å². The van der Waals surface area contributed by atoms with Crippen molar-refractivity contribution < 1.29 is 13.5 Å². The number of fused-ring (bicyclic) bond motifs is 1. The van der Waals surface area contributed by atoms with E-state index in [1.54, 1.807) is 24.4 Å². The largest absolute Gasteiger partial charge is 0.472 e. The van der Waals surface area contributed by atoms with Gasteiger partial charge in [0.25, 0.3) is 6.43 Å². The highest BCUT2D eigenvalue weighted by Crippen LogP contribution is 2.25. The lowest BCUT2D eigenvalue weighted by Crippen LogP contribution is -2.23. The number of hydrogen-bond acceptors (Lipinski definition) is 5. The molecule has 2 heterocycles. The minimum absolute atomic E-state index is 0.353. The van der Waals surface area contributed by atoms with Crippen molar-refractivity contribution in [1.82, 2.24) is 15.0 Å². The number of alkyl halides is 2. The van der Waals surface area contributed by atoms with Gasteiger partial charge in [0.2, 0.25) is 5.88 Å². The molecule has 3 rings (SSSR count). The molecule has 5 nitrogen and oxygen atoms in total. The van der Waals surface area contributed by atoms with Gasteiger partial charge in [-0.15, -0.1) is 0 Å². The quantitative estimate of drug-likeness (QED) is 0.713. The molecule has 1 aromatic carbocycles. The fourth-order valence-corrected chi connectivity index (χ4v) is 2.44. The third-order valence-corrected chi connectivity index (χ3v) is 3.49. The van der Waals surface area contributed by atoms with Gasteiger partial charge in [-0.25, -0.2) is 23.7 Å². The van der Waals surface area contributed by atoms with Crippen molar-refractivity contribution in [2.45, 2.75) is 39.3 Å². The van der Waals surface area contributed by atoms with E-state index in [1.807, 2.05) is 39.0 Å². The molecule has 0 saturated carbocycles. The summed E-state index contributed by atoms with van der Waals surface area (Å²) in [6, 6.07) is 10.7. The molecule has 0 bridgehead atoms. The highest BCUT2D eigenvalue weighted by molar-refractivity contribution is 5.89. The van der Waals surface area contributed by atoms with Crippen LogP contribution in [0, 0.1) is 0 Å². The van der Waals surface area contributed by atoms with Crippen molar-refractivity contribution in [2.24, 2.45) is 0 Å². The van der Waals surface area contributed by atoms with Gasteiger partial charge in [-0.1, -0.05) is 12.1 Å². The number of halogens is 2. The fraction of sp³-hybridized carbons (Fsp3) is 0.316. The molecule has 0 radical (unpaired) electrons. The Morgan fingerprint density at radius 2 is 1.88 bits per heavy atom. The number of aromatic nitrogens is 3. The van der Waals surface area contributed by atoms with Gasteiger partial charge in [-0.3, -0.25) is 0 Å². The molecule has 0 aliphatic heterocycles. The molecule has 7 heteroatoms. The number of benzene rings is 1. The minimum atomic E-state index is -2.73. The summed E-state index contributed by atoms with van der Waals surface area (Å²) < 4.78 is 31.9. The molecule has 0 saturated heterocycles. The second-order valence-electron chi connectivity index (χ2n) is 6.82. The molecular formula is C19H20F2N4O. The van der Waals surface area contributed by atoms with E-state index in [-0.39, 0.29) is 5.60 Å². The molecule has 0 atom stereocenters. The highest BCUT2D eigenvalue weighted by atomic mass is 19.3. The van der Waals surface area contributed by atoms with E-state index in [9.17, 15) is 8.78 Å². The van der Waals surface area contributed by atoms with Crippen LogP contribution in [0.4, 0.5) is 14.6 Å². The number of nitrogens with one attached hydrogen (secondary N) is 1. The molecule has 0 aliphatic rings. The van der Waals surface area contributed by atoms with E-state index in [0.717, 1.165) is 5.56 Å². The molecular weight excluding hydrogens is 338 g/mol. The molecule has 0 unspecified atom stereocenters. The van der Waals surface area contributed by atoms with Gasteiger partial charge in [-0.2, -0.15) is 0 Å². The topological polar surface area (TPSA) is 59.9 Å². The average molecular weight is 358 g/mol. The normalized spacial score (nSPS) is 11.8. The summed E-state index contributed by atoms with van der Waals surface area (Å²) in [5, 5.41) is 3.81. The molecule has 136 valence electrons. The van der Waals surface area contributed by atoms with Gasteiger partial charge in [0.1, 0.15) is 11.4 Å². The van der Waals surface area contributed by atoms with Crippen LogP contribution in [-0.2, 0) is 6.54 Å². The van der Waals surface area contributed by atoms with Crippen LogP contribution in [-0.4, -0.2) is 20.6 Å². The number of para-hydroxylation sites is 1. The molecule has 26 heavy (non-hydrogen) atoms. The van der Waals surface area contributed by atoms with Crippen molar-refractivity contribution >= 4 is 16.7 Å². The van der Waals surface area contributed by atoms with E-state index in [4.69, 9.17) is 4.74 Å². The Hall–Kier alpha value is -2.83. The Morgan fingerprint density at radius 3 is 2.62 bits per heavy atom. The van der Waals surface area contributed by atoms with E-state index in [1.165, 1.54) is 0 Å². The summed E-state index contributed by atoms with van der Waals surface area (Å²) in [4.78, 5) is 12.1. The number of ether oxygens (including phenoxy) is 1. The Labute approximate surface area is 150 Å². The lowest BCUT2D eigenvalue weighted by Gasteiger charge is -2.20. The molecule has 2 aromatic heterocycles. The lowest BCUT2D eigenvalue weighted by molar-refractivity contribution is 0.124. The highest BCUT2D eigenvalue weighted by Gasteiger charge is 2.15. The van der Waals surface area contributed by atoms with Crippen LogP contribution in [0.3, 0.4) is 0 Å². The Balaban J connectivity index is 1.85. The van der Waals surface area contributed by atoms with Crippen LogP contribution >= 0.6 is 0 Å². The predicted molar refractivity (Wildman–Crippen MR) is 96.4 cm³/mol. The van der Waals surface area contributed by atoms with E-state index < -0.39 is 12.2 Å². The summed E-state index contributed by atoms with van der Waals surface area (Å²) in [5.41, 5.74) is 1.03. The van der Waals surface area contributed by atoms with Crippen molar-refractivity contribution in [3.63, 3.8) is 0 Å². The van der Waals surface area contributed by atoms with Crippen LogP contribution in [0.1, 0.15) is 38.6 Å². The second kappa shape index (κ2) is 7.19. The van der Waals surface area contributed by atoms with E-state index in [0.29, 0.717) is 29.1 Å². The Morgan fingerprint density at radius 1 is 1.12 bits per heavy atom. The summed E-state index contributed by atoms with van der Waals surface area (Å²) >= 11 is 0. The number of hydrogen-bond donors (Lipinski definition) is 1. The van der Waals surface area contributed by atoms with Crippen LogP contribution < -0.4 is 10.1 Å². The smallest absolute Gasteiger partial charge is 0.297 e. The van der Waals surface area contributed by atoms with Crippen LogP contribution in [0.2, 0.25) is 0 Å². The first-order valence-corrected chi connectivity index (χ1v) is 8.24. The van der Waals surface area contributed by atoms with E-state index in [2.05, 4.69) is 20.3 Å². The Kier molecular flexibility index (Phi) is 4.97. The van der Waals surface area contributed by atoms with Crippen LogP contribution in [0.5, 0.6) is 5.88 Å². The van der Waals surface area contributed by atoms with Crippen molar-refractivity contribution in [2.75, 3.05) is 5.32 Å². The number of pyridine rings is 1. The summed E-state index contributed by atoms with van der Waals surface area (Å²) in [6.45, 7) is 6.22. The minimum Gasteiger partial charge on any atom is -0.472 e. The first-order chi connectivity index (χ1) is 12.3. The summed E-state index contributed by atoms with van der Waals surface area (Å²) in [7, 11) is 0. The first kappa shape index (κ1) is 18.0. The number of nitrogens with zero attached hydrogens (tertiary/aromatic N) is 3. The molecule has 1 N–H and O–H groups in total. The standard InChI is InChI=1S/C19H20F2N4O/c1-19(2,3)26-15-10-12(8-9-22-15)11-23-17-13-6-4-5-7-14(13)24-18(25-17)16(20)21/h4-10,16H,11H2,1-3H3,(H,23,24,25). The predicted octanol–water partition coefficient (Wildman–Crippen LogP) is 4.75. The third kappa shape index (κ3) is 4.41. The van der Waals surface area contributed by atoms with Gasteiger partial charge in [0.05, 0.1) is 5.52 Å². The van der Waals surface area contributed by atoms with E-state index >= 15 is 0 Å². The molecule has 0 amide bonds. The second-order valence-corrected chi connectivity index (χ2v) is 6.82. The summed E-state index contributed by atoms with van der Waals surface area (Å²) in [5.74, 6) is 0.399. The summed E-state index contributed by atoms with van der Waals surface area (Å²) in [6.07, 6.45) is -1.08. The average Bonchev–Trinajstić information content (AvgIpc) is 2.58. The monoisotopic (exact) mass is 358 g/mol. The maximum Gasteiger partial charge on any atom is 0.297 e. The van der Waals surface area contributed by atoms with Gasteiger partial charge in [0, 0.05) is 24.2 Å². The van der Waals surface area contributed by atoms with Gasteiger partial charge >= 0.3 is 0 Å². The SMILES string of the molecule is CC(C)(C)Oc1cc(CNc2nc(C(F)F)nc3ccccc23)ccn1. The van der Waals surface area contributed by atoms with Gasteiger partial charge in [0.15, 0.2) is 5.82 Å². The van der Waals surface area contributed by atoms with Crippen LogP contribution in [0.25, 0.3) is 10.9 Å². The molecule has 3 aromatic rings. The number of anilines is 1. The van der Waals surface area contributed by atoms with Crippen molar-refractivity contribution in [3.05, 3.63) is 54.0 Å². The van der Waals surface area contributed by atoms with Crippen LogP contribution in [0.15, 0.2) is 42.6 Å². The fourth-order valence-electron chi connectivity index (χ4n) is 2.44. The maximum absolute atomic E-state index is 13.1. The molecule has 0 aliphatic carbocycles. The first-order valence-electron chi connectivity index (χ1n) is 8.24. The zero-order valence-corrected chi connectivity index (χ0v) is 14.8. The Bertz CT molecular complexity index is 909.